The molecule has 0 unspecified atom stereocenters. The molecule has 0 N–H and O–H groups in total. The number of halogens is 2. The number of hydrogen-bond acceptors (Lipinski definition) is 5. The maximum atomic E-state index is 13.3. The number of benzene rings is 3. The van der Waals surface area contributed by atoms with Gasteiger partial charge in [-0.25, -0.2) is 0 Å². The van der Waals surface area contributed by atoms with E-state index in [1.807, 2.05) is 36.4 Å². The molecule has 192 valence electrons. The van der Waals surface area contributed by atoms with Crippen molar-refractivity contribution in [1.82, 2.24) is 4.90 Å². The van der Waals surface area contributed by atoms with E-state index in [4.69, 9.17) is 32.7 Å². The summed E-state index contributed by atoms with van der Waals surface area (Å²) >= 11 is 12.1. The van der Waals surface area contributed by atoms with Crippen LogP contribution in [0.5, 0.6) is 11.5 Å². The highest BCUT2D eigenvalue weighted by Crippen LogP contribution is 2.28. The molecule has 3 aromatic rings. The zero-order valence-corrected chi connectivity index (χ0v) is 22.3. The lowest BCUT2D eigenvalue weighted by molar-refractivity contribution is -0.140. The fourth-order valence-electron chi connectivity index (χ4n) is 3.99. The SMILES string of the molecule is COc1ccc(CCN2C(=O)C(C#N)=C(C)/C(=C\c3ccc(OCc4ccc(Cl)cc4Cl)cc3)C2=O)cc1. The molecule has 1 aliphatic heterocycles. The van der Waals surface area contributed by atoms with Gasteiger partial charge in [0, 0.05) is 27.7 Å². The van der Waals surface area contributed by atoms with Gasteiger partial charge < -0.3 is 9.47 Å². The molecular weight excluding hydrogens is 523 g/mol. The smallest absolute Gasteiger partial charge is 0.271 e. The minimum absolute atomic E-state index is 0.0367. The molecule has 0 saturated heterocycles. The van der Waals surface area contributed by atoms with Gasteiger partial charge in [-0.15, -0.1) is 0 Å². The van der Waals surface area contributed by atoms with Crippen molar-refractivity contribution in [3.05, 3.63) is 110 Å². The van der Waals surface area contributed by atoms with E-state index >= 15 is 0 Å². The predicted octanol–water partition coefficient (Wildman–Crippen LogP) is 6.42. The Labute approximate surface area is 231 Å². The van der Waals surface area contributed by atoms with Crippen LogP contribution in [0.3, 0.4) is 0 Å². The zero-order chi connectivity index (χ0) is 27.2. The fourth-order valence-corrected chi connectivity index (χ4v) is 4.46. The van der Waals surface area contributed by atoms with E-state index in [1.165, 1.54) is 0 Å². The van der Waals surface area contributed by atoms with Gasteiger partial charge in [-0.2, -0.15) is 5.26 Å². The summed E-state index contributed by atoms with van der Waals surface area (Å²) in [5.41, 5.74) is 3.10. The average molecular weight is 547 g/mol. The Morgan fingerprint density at radius 2 is 1.63 bits per heavy atom. The maximum Gasteiger partial charge on any atom is 0.271 e. The van der Waals surface area contributed by atoms with Crippen LogP contribution in [0.1, 0.15) is 23.6 Å². The van der Waals surface area contributed by atoms with Crippen molar-refractivity contribution >= 4 is 41.1 Å². The van der Waals surface area contributed by atoms with Gasteiger partial charge in [0.25, 0.3) is 11.8 Å². The standard InChI is InChI=1S/C30H24Cl2N2O4/c1-19-26(15-21-5-11-25(12-6-21)38-18-22-7-8-23(31)16-28(22)32)29(35)34(30(36)27(19)17-33)14-13-20-3-9-24(37-2)10-4-20/h3-12,15-16H,13-14,18H2,1-2H3/b26-15+. The van der Waals surface area contributed by atoms with Crippen LogP contribution in [0.25, 0.3) is 6.08 Å². The van der Waals surface area contributed by atoms with Crippen molar-refractivity contribution < 1.29 is 19.1 Å². The van der Waals surface area contributed by atoms with E-state index in [9.17, 15) is 14.9 Å². The van der Waals surface area contributed by atoms with Gasteiger partial charge in [0.15, 0.2) is 0 Å². The number of carbonyl (C=O) groups is 2. The fraction of sp³-hybridized carbons (Fsp3) is 0.167. The van der Waals surface area contributed by atoms with E-state index in [0.29, 0.717) is 33.4 Å². The lowest BCUT2D eigenvalue weighted by Gasteiger charge is -2.27. The first-order valence-corrected chi connectivity index (χ1v) is 12.5. The lowest BCUT2D eigenvalue weighted by Crippen LogP contribution is -2.43. The van der Waals surface area contributed by atoms with Gasteiger partial charge in [-0.05, 0) is 72.5 Å². The third kappa shape index (κ3) is 6.08. The van der Waals surface area contributed by atoms with Crippen molar-refractivity contribution in [2.75, 3.05) is 13.7 Å². The Balaban J connectivity index is 1.50. The van der Waals surface area contributed by atoms with E-state index in [-0.39, 0.29) is 18.7 Å². The van der Waals surface area contributed by atoms with Gasteiger partial charge >= 0.3 is 0 Å². The van der Waals surface area contributed by atoms with Crippen LogP contribution >= 0.6 is 23.2 Å². The molecule has 6 nitrogen and oxygen atoms in total. The Morgan fingerprint density at radius 3 is 2.26 bits per heavy atom. The summed E-state index contributed by atoms with van der Waals surface area (Å²) in [6.45, 7) is 2.04. The third-order valence-electron chi connectivity index (χ3n) is 6.21. The summed E-state index contributed by atoms with van der Waals surface area (Å²) in [7, 11) is 1.59. The Hall–Kier alpha value is -4.05. The second-order valence-electron chi connectivity index (χ2n) is 8.62. The number of amides is 2. The monoisotopic (exact) mass is 546 g/mol. The molecule has 0 radical (unpaired) electrons. The largest absolute Gasteiger partial charge is 0.497 e. The number of nitriles is 1. The van der Waals surface area contributed by atoms with Crippen LogP contribution in [0.2, 0.25) is 10.0 Å². The molecule has 0 aliphatic carbocycles. The van der Waals surface area contributed by atoms with Crippen molar-refractivity contribution in [2.24, 2.45) is 0 Å². The maximum absolute atomic E-state index is 13.3. The molecule has 0 saturated carbocycles. The number of methoxy groups -OCH3 is 1. The van der Waals surface area contributed by atoms with Crippen LogP contribution in [-0.4, -0.2) is 30.4 Å². The van der Waals surface area contributed by atoms with Gasteiger partial charge in [0.05, 0.1) is 7.11 Å². The van der Waals surface area contributed by atoms with Crippen LogP contribution < -0.4 is 9.47 Å². The van der Waals surface area contributed by atoms with Crippen LogP contribution in [0.4, 0.5) is 0 Å². The number of imide groups is 1. The Kier molecular flexibility index (Phi) is 8.52. The van der Waals surface area contributed by atoms with Gasteiger partial charge in [0.2, 0.25) is 0 Å². The Morgan fingerprint density at radius 1 is 0.947 bits per heavy atom. The highest BCUT2D eigenvalue weighted by molar-refractivity contribution is 6.35. The van der Waals surface area contributed by atoms with E-state index < -0.39 is 11.8 Å². The predicted molar refractivity (Wildman–Crippen MR) is 147 cm³/mol. The molecule has 38 heavy (non-hydrogen) atoms. The van der Waals surface area contributed by atoms with E-state index in [2.05, 4.69) is 0 Å². The number of rotatable bonds is 8. The van der Waals surface area contributed by atoms with E-state index in [1.54, 1.807) is 56.5 Å². The topological polar surface area (TPSA) is 79.6 Å². The second-order valence-corrected chi connectivity index (χ2v) is 9.47. The molecule has 0 aromatic heterocycles. The minimum atomic E-state index is -0.578. The van der Waals surface area contributed by atoms with Gasteiger partial charge in [-0.1, -0.05) is 53.5 Å². The average Bonchev–Trinajstić information content (AvgIpc) is 2.92. The van der Waals surface area contributed by atoms with Crippen molar-refractivity contribution in [2.45, 2.75) is 20.0 Å². The quantitative estimate of drug-likeness (QED) is 0.240. The van der Waals surface area contributed by atoms with E-state index in [0.717, 1.165) is 27.3 Å². The highest BCUT2D eigenvalue weighted by atomic mass is 35.5. The molecule has 3 aromatic carbocycles. The molecule has 4 rings (SSSR count). The van der Waals surface area contributed by atoms with Crippen molar-refractivity contribution in [3.8, 4) is 17.6 Å². The molecule has 1 aliphatic rings. The van der Waals surface area contributed by atoms with Crippen LogP contribution in [0, 0.1) is 11.3 Å². The molecule has 8 heteroatoms. The third-order valence-corrected chi connectivity index (χ3v) is 6.80. The summed E-state index contributed by atoms with van der Waals surface area (Å²) in [6.07, 6.45) is 2.14. The number of carbonyl (C=O) groups excluding carboxylic acids is 2. The summed E-state index contributed by atoms with van der Waals surface area (Å²) in [4.78, 5) is 27.4. The molecule has 0 fully saturated rings. The lowest BCUT2D eigenvalue weighted by atomic mass is 9.93. The second kappa shape index (κ2) is 12.0. The number of nitrogens with zero attached hydrogens (tertiary/aromatic N) is 2. The molecule has 0 bridgehead atoms. The first kappa shape index (κ1) is 27.0. The normalized spacial score (nSPS) is 14.6. The summed E-state index contributed by atoms with van der Waals surface area (Å²) in [5, 5.41) is 10.7. The first-order chi connectivity index (χ1) is 18.3. The zero-order valence-electron chi connectivity index (χ0n) is 20.8. The molecule has 1 heterocycles. The van der Waals surface area contributed by atoms with Crippen molar-refractivity contribution in [1.29, 1.82) is 5.26 Å². The first-order valence-electron chi connectivity index (χ1n) is 11.8. The Bertz CT molecular complexity index is 1470. The molecule has 2 amide bonds. The molecular formula is C30H24Cl2N2O4. The summed E-state index contributed by atoms with van der Waals surface area (Å²) < 4.78 is 11.0. The number of hydrogen-bond donors (Lipinski definition) is 0. The molecule has 0 spiro atoms. The van der Waals surface area contributed by atoms with Gasteiger partial charge in [-0.3, -0.25) is 14.5 Å². The van der Waals surface area contributed by atoms with Crippen LogP contribution in [-0.2, 0) is 22.6 Å². The summed E-state index contributed by atoms with van der Waals surface area (Å²) in [5.74, 6) is 0.331. The highest BCUT2D eigenvalue weighted by Gasteiger charge is 2.35. The number of ether oxygens (including phenoxy) is 2. The minimum Gasteiger partial charge on any atom is -0.497 e. The molecule has 0 atom stereocenters. The summed E-state index contributed by atoms with van der Waals surface area (Å²) in [6, 6.07) is 21.8. The van der Waals surface area contributed by atoms with Crippen molar-refractivity contribution in [3.63, 3.8) is 0 Å². The van der Waals surface area contributed by atoms with Gasteiger partial charge in [0.1, 0.15) is 29.7 Å². The van der Waals surface area contributed by atoms with Crippen LogP contribution in [0.15, 0.2) is 83.4 Å².